The lowest BCUT2D eigenvalue weighted by Gasteiger charge is -2.37. The Morgan fingerprint density at radius 3 is 2.34 bits per heavy atom. The van der Waals surface area contributed by atoms with E-state index in [1.807, 2.05) is 67.4 Å². The van der Waals surface area contributed by atoms with Crippen LogP contribution >= 0.6 is 0 Å². The van der Waals surface area contributed by atoms with E-state index in [1.165, 1.54) is 18.6 Å². The molecule has 1 aliphatic rings. The number of aromatic nitrogens is 1. The summed E-state index contributed by atoms with van der Waals surface area (Å²) in [7, 11) is 0. The van der Waals surface area contributed by atoms with E-state index in [4.69, 9.17) is 4.74 Å². The van der Waals surface area contributed by atoms with Crippen molar-refractivity contribution in [2.24, 2.45) is 0 Å². The summed E-state index contributed by atoms with van der Waals surface area (Å²) in [4.78, 5) is 30.5. The molecular weight excluding hydrogens is 481 g/mol. The number of amides is 2. The number of halogens is 1. The Balaban J connectivity index is 1.47. The minimum Gasteiger partial charge on any atom is -0.484 e. The van der Waals surface area contributed by atoms with Gasteiger partial charge in [0.2, 0.25) is 5.91 Å². The molecule has 0 aliphatic heterocycles. The Kier molecular flexibility index (Phi) is 9.57. The number of carbonyl (C=O) groups excluding carboxylic acids is 2. The van der Waals surface area contributed by atoms with E-state index >= 15 is 0 Å². The highest BCUT2D eigenvalue weighted by Crippen LogP contribution is 2.25. The van der Waals surface area contributed by atoms with Gasteiger partial charge in [-0.2, -0.15) is 0 Å². The third-order valence-corrected chi connectivity index (χ3v) is 7.21. The lowest BCUT2D eigenvalue weighted by molar-refractivity contribution is -0.145. The van der Waals surface area contributed by atoms with Crippen LogP contribution in [0.5, 0.6) is 5.75 Å². The molecule has 7 heteroatoms. The first-order valence-corrected chi connectivity index (χ1v) is 13.6. The van der Waals surface area contributed by atoms with Crippen molar-refractivity contribution in [2.75, 3.05) is 13.2 Å². The van der Waals surface area contributed by atoms with Gasteiger partial charge in [0.05, 0.1) is 6.54 Å². The Morgan fingerprint density at radius 1 is 0.947 bits per heavy atom. The molecule has 0 saturated heterocycles. The maximum Gasteiger partial charge on any atom is 0.261 e. The fourth-order valence-electron chi connectivity index (χ4n) is 5.06. The van der Waals surface area contributed by atoms with Crippen LogP contribution in [-0.4, -0.2) is 51.4 Å². The molecule has 1 saturated carbocycles. The molecule has 3 aromatic rings. The van der Waals surface area contributed by atoms with Gasteiger partial charge in [-0.25, -0.2) is 4.39 Å². The van der Waals surface area contributed by atoms with E-state index in [0.717, 1.165) is 36.9 Å². The Labute approximate surface area is 225 Å². The average molecular weight is 520 g/mol. The van der Waals surface area contributed by atoms with Crippen LogP contribution in [0.3, 0.4) is 0 Å². The summed E-state index contributed by atoms with van der Waals surface area (Å²) >= 11 is 0. The molecule has 202 valence electrons. The van der Waals surface area contributed by atoms with Crippen LogP contribution in [0.4, 0.5) is 4.39 Å². The third kappa shape index (κ3) is 7.46. The quantitative estimate of drug-likeness (QED) is 0.329. The maximum absolute atomic E-state index is 13.8. The first-order valence-electron chi connectivity index (χ1n) is 13.6. The minimum atomic E-state index is -0.256. The van der Waals surface area contributed by atoms with Crippen molar-refractivity contribution < 1.29 is 18.7 Å². The number of hydrogen-bond donors (Lipinski definition) is 0. The van der Waals surface area contributed by atoms with Gasteiger partial charge in [-0.3, -0.25) is 9.59 Å². The summed E-state index contributed by atoms with van der Waals surface area (Å²) in [5, 5.41) is 0. The second-order valence-electron chi connectivity index (χ2n) is 10.3. The summed E-state index contributed by atoms with van der Waals surface area (Å²) in [5.41, 5.74) is 2.01. The summed E-state index contributed by atoms with van der Waals surface area (Å²) in [6, 6.07) is 19.8. The van der Waals surface area contributed by atoms with Crippen LogP contribution in [0, 0.1) is 5.82 Å². The van der Waals surface area contributed by atoms with Gasteiger partial charge in [-0.15, -0.1) is 0 Å². The van der Waals surface area contributed by atoms with Gasteiger partial charge in [0, 0.05) is 30.5 Å². The van der Waals surface area contributed by atoms with Gasteiger partial charge in [0.1, 0.15) is 18.1 Å². The molecule has 0 bridgehead atoms. The Morgan fingerprint density at radius 2 is 1.66 bits per heavy atom. The van der Waals surface area contributed by atoms with E-state index in [-0.39, 0.29) is 42.9 Å². The smallest absolute Gasteiger partial charge is 0.261 e. The van der Waals surface area contributed by atoms with Crippen LogP contribution < -0.4 is 4.74 Å². The second kappa shape index (κ2) is 13.3. The topological polar surface area (TPSA) is 54.8 Å². The van der Waals surface area contributed by atoms with Crippen molar-refractivity contribution in [1.82, 2.24) is 14.4 Å². The molecule has 1 fully saturated rings. The van der Waals surface area contributed by atoms with Crippen molar-refractivity contribution in [2.45, 2.75) is 71.1 Å². The van der Waals surface area contributed by atoms with Crippen LogP contribution in [0.1, 0.15) is 57.2 Å². The fourth-order valence-corrected chi connectivity index (χ4v) is 5.06. The monoisotopic (exact) mass is 519 g/mol. The molecule has 1 heterocycles. The molecule has 4 rings (SSSR count). The number of para-hydroxylation sites is 1. The van der Waals surface area contributed by atoms with Crippen molar-refractivity contribution in [3.05, 3.63) is 90.0 Å². The molecule has 0 atom stereocenters. The Bertz CT molecular complexity index is 1170. The minimum absolute atomic E-state index is 0.0177. The number of rotatable bonds is 11. The summed E-state index contributed by atoms with van der Waals surface area (Å²) in [6.07, 6.45) is 7.32. The highest BCUT2D eigenvalue weighted by Gasteiger charge is 2.29. The molecule has 2 amide bonds. The largest absolute Gasteiger partial charge is 0.484 e. The molecule has 0 N–H and O–H groups in total. The summed E-state index contributed by atoms with van der Waals surface area (Å²) in [5.74, 6) is 0.115. The normalized spacial score (nSPS) is 13.9. The molecule has 38 heavy (non-hydrogen) atoms. The van der Waals surface area contributed by atoms with Gasteiger partial charge >= 0.3 is 0 Å². The van der Waals surface area contributed by atoms with Gasteiger partial charge in [0.25, 0.3) is 5.91 Å². The second-order valence-corrected chi connectivity index (χ2v) is 10.3. The predicted octanol–water partition coefficient (Wildman–Crippen LogP) is 5.65. The average Bonchev–Trinajstić information content (AvgIpc) is 3.37. The van der Waals surface area contributed by atoms with E-state index in [0.29, 0.717) is 18.8 Å². The van der Waals surface area contributed by atoms with Gasteiger partial charge in [0.15, 0.2) is 6.61 Å². The summed E-state index contributed by atoms with van der Waals surface area (Å²) < 4.78 is 21.2. The number of nitrogens with zero attached hydrogens (tertiary/aromatic N) is 3. The molecule has 2 aromatic carbocycles. The summed E-state index contributed by atoms with van der Waals surface area (Å²) in [6.45, 7) is 4.82. The maximum atomic E-state index is 13.8. The van der Waals surface area contributed by atoms with Crippen LogP contribution in [0.25, 0.3) is 0 Å². The number of ether oxygens (including phenoxy) is 1. The standard InChI is InChI=1S/C31H38FN3O3/c1-24(2)34(31(37)23-38-29-13-7-4-8-14-29)22-30(36)35(27-10-5-3-6-11-27)21-28-12-9-19-33(28)20-25-15-17-26(32)18-16-25/h4,7-9,12-19,24,27H,3,5-6,10-11,20-23H2,1-2H3. The molecule has 0 unspecified atom stereocenters. The van der Waals surface area contributed by atoms with E-state index in [9.17, 15) is 14.0 Å². The van der Waals surface area contributed by atoms with E-state index in [1.54, 1.807) is 17.0 Å². The van der Waals surface area contributed by atoms with Gasteiger partial charge in [-0.05, 0) is 68.7 Å². The van der Waals surface area contributed by atoms with Crippen molar-refractivity contribution in [3.63, 3.8) is 0 Å². The lowest BCUT2D eigenvalue weighted by atomic mass is 9.94. The zero-order valence-electron chi connectivity index (χ0n) is 22.4. The molecule has 6 nitrogen and oxygen atoms in total. The van der Waals surface area contributed by atoms with Crippen molar-refractivity contribution in [3.8, 4) is 5.75 Å². The van der Waals surface area contributed by atoms with E-state index in [2.05, 4.69) is 4.57 Å². The zero-order valence-corrected chi connectivity index (χ0v) is 22.4. The van der Waals surface area contributed by atoms with Crippen LogP contribution in [0.2, 0.25) is 0 Å². The number of hydrogen-bond acceptors (Lipinski definition) is 3. The highest BCUT2D eigenvalue weighted by atomic mass is 19.1. The molecule has 1 aliphatic carbocycles. The number of benzene rings is 2. The van der Waals surface area contributed by atoms with Crippen LogP contribution in [0.15, 0.2) is 72.9 Å². The van der Waals surface area contributed by atoms with Gasteiger partial charge in [-0.1, -0.05) is 49.6 Å². The molecule has 1 aromatic heterocycles. The molecular formula is C31H38FN3O3. The lowest BCUT2D eigenvalue weighted by Crippen LogP contribution is -2.50. The van der Waals surface area contributed by atoms with Crippen molar-refractivity contribution in [1.29, 1.82) is 0 Å². The van der Waals surface area contributed by atoms with Gasteiger partial charge < -0.3 is 19.1 Å². The molecule has 0 radical (unpaired) electrons. The van der Waals surface area contributed by atoms with E-state index < -0.39 is 0 Å². The highest BCUT2D eigenvalue weighted by molar-refractivity contribution is 5.86. The first kappa shape index (κ1) is 27.4. The predicted molar refractivity (Wildman–Crippen MR) is 146 cm³/mol. The first-order chi connectivity index (χ1) is 18.4. The fraction of sp³-hybridized carbons (Fsp3) is 0.419. The zero-order chi connectivity index (χ0) is 26.9. The SMILES string of the molecule is CC(C)N(CC(=O)N(Cc1cccn1Cc1ccc(F)cc1)C1CCCCC1)C(=O)COc1ccccc1. The number of carbonyl (C=O) groups is 2. The van der Waals surface area contributed by atoms with Crippen molar-refractivity contribution >= 4 is 11.8 Å². The van der Waals surface area contributed by atoms with Crippen LogP contribution in [-0.2, 0) is 22.7 Å². The third-order valence-electron chi connectivity index (χ3n) is 7.21. The molecule has 0 spiro atoms. The Hall–Kier alpha value is -3.61.